The third-order valence-electron chi connectivity index (χ3n) is 3.67. The minimum atomic E-state index is 0.344. The lowest BCUT2D eigenvalue weighted by molar-refractivity contribution is -0.133. The number of hydrogen-bond donors (Lipinski definition) is 1. The number of nitrogens with one attached hydrogen (secondary N) is 1. The van der Waals surface area contributed by atoms with Crippen molar-refractivity contribution in [2.75, 3.05) is 18.4 Å². The van der Waals surface area contributed by atoms with Crippen LogP contribution in [0.2, 0.25) is 0 Å². The van der Waals surface area contributed by atoms with Gasteiger partial charge in [0.05, 0.1) is 0 Å². The number of carbonyl (C=O) groups excluding carboxylic acids is 1. The highest BCUT2D eigenvalue weighted by molar-refractivity contribution is 5.81. The largest absolute Gasteiger partial charge is 0.367 e. The van der Waals surface area contributed by atoms with Gasteiger partial charge < -0.3 is 10.2 Å². The van der Waals surface area contributed by atoms with Gasteiger partial charge in [-0.05, 0) is 31.7 Å². The van der Waals surface area contributed by atoms with Gasteiger partial charge in [-0.15, -0.1) is 0 Å². The summed E-state index contributed by atoms with van der Waals surface area (Å²) in [5.74, 6) is 1.59. The normalized spacial score (nSPS) is 20.8. The lowest BCUT2D eigenvalue weighted by atomic mass is 10.0. The molecule has 1 saturated carbocycles. The second-order valence-electron chi connectivity index (χ2n) is 5.11. The molecule has 0 radical (unpaired) electrons. The smallest absolute Gasteiger partial charge is 0.225 e. The molecule has 0 aromatic carbocycles. The molecule has 96 valence electrons. The van der Waals surface area contributed by atoms with Crippen LogP contribution in [0.4, 0.5) is 5.82 Å². The summed E-state index contributed by atoms with van der Waals surface area (Å²) in [6, 6.07) is 2.30. The van der Waals surface area contributed by atoms with Gasteiger partial charge in [0.25, 0.3) is 0 Å². The maximum absolute atomic E-state index is 11.9. The molecule has 18 heavy (non-hydrogen) atoms. The number of rotatable bonds is 3. The molecule has 2 aliphatic rings. The Kier molecular flexibility index (Phi) is 3.13. The molecular weight excluding hydrogens is 228 g/mol. The summed E-state index contributed by atoms with van der Waals surface area (Å²) < 4.78 is 0. The summed E-state index contributed by atoms with van der Waals surface area (Å²) in [6.07, 6.45) is 7.48. The molecule has 1 aliphatic carbocycles. The lowest BCUT2D eigenvalue weighted by Crippen LogP contribution is -2.43. The van der Waals surface area contributed by atoms with Gasteiger partial charge in [0.1, 0.15) is 12.1 Å². The SMILES string of the molecule is O=C(C1CC1)N1CCC(Nc2ccncn2)CC1. The van der Waals surface area contributed by atoms with E-state index in [1.54, 1.807) is 12.5 Å². The zero-order valence-corrected chi connectivity index (χ0v) is 10.4. The van der Waals surface area contributed by atoms with Crippen molar-refractivity contribution in [3.05, 3.63) is 18.6 Å². The van der Waals surface area contributed by atoms with Crippen LogP contribution in [0.25, 0.3) is 0 Å². The molecule has 0 bridgehead atoms. The molecule has 1 saturated heterocycles. The molecule has 1 amide bonds. The highest BCUT2D eigenvalue weighted by Gasteiger charge is 2.34. The summed E-state index contributed by atoms with van der Waals surface area (Å²) in [5, 5.41) is 3.40. The molecular formula is C13H18N4O. The fourth-order valence-corrected chi connectivity index (χ4v) is 2.42. The van der Waals surface area contributed by atoms with Gasteiger partial charge in [0.2, 0.25) is 5.91 Å². The Morgan fingerprint density at radius 3 is 2.67 bits per heavy atom. The molecule has 0 unspecified atom stereocenters. The van der Waals surface area contributed by atoms with Crippen molar-refractivity contribution in [3.63, 3.8) is 0 Å². The van der Waals surface area contributed by atoms with E-state index in [9.17, 15) is 4.79 Å². The van der Waals surface area contributed by atoms with Gasteiger partial charge in [-0.1, -0.05) is 0 Å². The number of anilines is 1. The Labute approximate surface area is 107 Å². The van der Waals surface area contributed by atoms with Crippen LogP contribution in [0.5, 0.6) is 0 Å². The molecule has 2 fully saturated rings. The maximum atomic E-state index is 11.9. The van der Waals surface area contributed by atoms with Crippen LogP contribution >= 0.6 is 0 Å². The van der Waals surface area contributed by atoms with E-state index in [0.29, 0.717) is 17.9 Å². The molecule has 5 heteroatoms. The van der Waals surface area contributed by atoms with Crippen LogP contribution in [0.3, 0.4) is 0 Å². The highest BCUT2D eigenvalue weighted by atomic mass is 16.2. The predicted octanol–water partition coefficient (Wildman–Crippen LogP) is 1.29. The Hall–Kier alpha value is -1.65. The summed E-state index contributed by atoms with van der Waals surface area (Å²) in [5.41, 5.74) is 0. The van der Waals surface area contributed by atoms with Gasteiger partial charge in [0.15, 0.2) is 0 Å². The van der Waals surface area contributed by atoms with E-state index < -0.39 is 0 Å². The number of nitrogens with zero attached hydrogens (tertiary/aromatic N) is 3. The first-order valence-electron chi connectivity index (χ1n) is 6.64. The van der Waals surface area contributed by atoms with Crippen LogP contribution in [-0.4, -0.2) is 39.9 Å². The Balaban J connectivity index is 1.49. The number of likely N-dealkylation sites (tertiary alicyclic amines) is 1. The highest BCUT2D eigenvalue weighted by Crippen LogP contribution is 2.32. The van der Waals surface area contributed by atoms with Gasteiger partial charge in [0, 0.05) is 31.2 Å². The molecule has 5 nitrogen and oxygen atoms in total. The predicted molar refractivity (Wildman–Crippen MR) is 68.0 cm³/mol. The van der Waals surface area contributed by atoms with E-state index in [2.05, 4.69) is 15.3 Å². The third kappa shape index (κ3) is 2.60. The first kappa shape index (κ1) is 11.4. The molecule has 1 aromatic rings. The van der Waals surface area contributed by atoms with Crippen molar-refractivity contribution in [1.82, 2.24) is 14.9 Å². The zero-order chi connectivity index (χ0) is 12.4. The van der Waals surface area contributed by atoms with Crippen LogP contribution in [-0.2, 0) is 4.79 Å². The van der Waals surface area contributed by atoms with Crippen LogP contribution in [0.15, 0.2) is 18.6 Å². The number of aromatic nitrogens is 2. The third-order valence-corrected chi connectivity index (χ3v) is 3.67. The van der Waals surface area contributed by atoms with E-state index >= 15 is 0 Å². The summed E-state index contributed by atoms with van der Waals surface area (Å²) in [4.78, 5) is 22.0. The molecule has 0 atom stereocenters. The average molecular weight is 246 g/mol. The van der Waals surface area contributed by atoms with E-state index in [-0.39, 0.29) is 0 Å². The molecule has 3 rings (SSSR count). The fraction of sp³-hybridized carbons (Fsp3) is 0.615. The quantitative estimate of drug-likeness (QED) is 0.873. The van der Waals surface area contributed by atoms with Gasteiger partial charge in [-0.25, -0.2) is 9.97 Å². The van der Waals surface area contributed by atoms with Gasteiger partial charge >= 0.3 is 0 Å². The molecule has 1 N–H and O–H groups in total. The second kappa shape index (κ2) is 4.92. The second-order valence-corrected chi connectivity index (χ2v) is 5.11. The van der Waals surface area contributed by atoms with Crippen molar-refractivity contribution in [3.8, 4) is 0 Å². The first-order valence-corrected chi connectivity index (χ1v) is 6.64. The topological polar surface area (TPSA) is 58.1 Å². The molecule has 2 heterocycles. The Bertz CT molecular complexity index is 410. The minimum Gasteiger partial charge on any atom is -0.367 e. The molecule has 1 aliphatic heterocycles. The van der Waals surface area contributed by atoms with Crippen LogP contribution in [0.1, 0.15) is 25.7 Å². The van der Waals surface area contributed by atoms with E-state index in [1.807, 2.05) is 11.0 Å². The van der Waals surface area contributed by atoms with Crippen LogP contribution in [0, 0.1) is 5.92 Å². The maximum Gasteiger partial charge on any atom is 0.225 e. The van der Waals surface area contributed by atoms with E-state index in [0.717, 1.165) is 44.6 Å². The van der Waals surface area contributed by atoms with Crippen LogP contribution < -0.4 is 5.32 Å². The number of hydrogen-bond acceptors (Lipinski definition) is 4. The van der Waals surface area contributed by atoms with Crippen molar-refractivity contribution in [2.45, 2.75) is 31.7 Å². The number of carbonyl (C=O) groups is 1. The van der Waals surface area contributed by atoms with E-state index in [1.165, 1.54) is 0 Å². The van der Waals surface area contributed by atoms with E-state index in [4.69, 9.17) is 0 Å². The standard InChI is InChI=1S/C13H18N4O/c18-13(10-1-2-10)17-7-4-11(5-8-17)16-12-3-6-14-9-15-12/h3,6,9-11H,1-2,4-5,7-8H2,(H,14,15,16). The Morgan fingerprint density at radius 2 is 2.06 bits per heavy atom. The monoisotopic (exact) mass is 246 g/mol. The lowest BCUT2D eigenvalue weighted by Gasteiger charge is -2.32. The van der Waals surface area contributed by atoms with Crippen molar-refractivity contribution in [1.29, 1.82) is 0 Å². The number of amides is 1. The summed E-state index contributed by atoms with van der Waals surface area (Å²) in [7, 11) is 0. The number of piperidine rings is 1. The van der Waals surface area contributed by atoms with Crippen molar-refractivity contribution < 1.29 is 4.79 Å². The Morgan fingerprint density at radius 1 is 1.28 bits per heavy atom. The summed E-state index contributed by atoms with van der Waals surface area (Å²) >= 11 is 0. The first-order chi connectivity index (χ1) is 8.83. The van der Waals surface area contributed by atoms with Crippen molar-refractivity contribution >= 4 is 11.7 Å². The van der Waals surface area contributed by atoms with Crippen molar-refractivity contribution in [2.24, 2.45) is 5.92 Å². The molecule has 1 aromatic heterocycles. The average Bonchev–Trinajstić information content (AvgIpc) is 3.24. The van der Waals surface area contributed by atoms with Gasteiger partial charge in [-0.2, -0.15) is 0 Å². The molecule has 0 spiro atoms. The fourth-order valence-electron chi connectivity index (χ4n) is 2.42. The van der Waals surface area contributed by atoms with Gasteiger partial charge in [-0.3, -0.25) is 4.79 Å². The zero-order valence-electron chi connectivity index (χ0n) is 10.4. The minimum absolute atomic E-state index is 0.344. The summed E-state index contributed by atoms with van der Waals surface area (Å²) in [6.45, 7) is 1.75.